The summed E-state index contributed by atoms with van der Waals surface area (Å²) in [5, 5.41) is 0. The van der Waals surface area contributed by atoms with Crippen LogP contribution in [0.1, 0.15) is 6.42 Å². The van der Waals surface area contributed by atoms with Gasteiger partial charge in [0.05, 0.1) is 0 Å². The molecule has 2 unspecified atom stereocenters. The van der Waals surface area contributed by atoms with E-state index in [1.54, 1.807) is 11.8 Å². The lowest BCUT2D eigenvalue weighted by molar-refractivity contribution is 0.510. The Balaban J connectivity index is 2.19. The van der Waals surface area contributed by atoms with Crippen LogP contribution >= 0.6 is 11.8 Å². The summed E-state index contributed by atoms with van der Waals surface area (Å²) in [6.45, 7) is 0. The van der Waals surface area contributed by atoms with Crippen molar-refractivity contribution in [3.05, 3.63) is 0 Å². The van der Waals surface area contributed by atoms with Gasteiger partial charge in [-0.1, -0.05) is 0 Å². The molecule has 2 atom stereocenters. The van der Waals surface area contributed by atoms with Gasteiger partial charge in [0, 0.05) is 23.1 Å². The molecule has 1 aliphatic heterocycles. The SMILES string of the molecule is O=S([O-])NC1CCSC1. The molecule has 3 nitrogen and oxygen atoms in total. The smallest absolute Gasteiger partial charge is 0.0282 e. The summed E-state index contributed by atoms with van der Waals surface area (Å²) in [5.41, 5.74) is 0. The lowest BCUT2D eigenvalue weighted by Gasteiger charge is -2.11. The minimum atomic E-state index is -2.07. The van der Waals surface area contributed by atoms with E-state index >= 15 is 0 Å². The van der Waals surface area contributed by atoms with E-state index in [-0.39, 0.29) is 6.04 Å². The summed E-state index contributed by atoms with van der Waals surface area (Å²) in [5.74, 6) is 2.00. The molecule has 0 aromatic rings. The standard InChI is InChI=1S/C4H9NO2S2/c6-9(7)5-4-1-2-8-3-4/h4-5H,1-3H2,(H,6,7)/p-1. The highest BCUT2D eigenvalue weighted by Crippen LogP contribution is 2.16. The van der Waals surface area contributed by atoms with Crippen molar-refractivity contribution < 1.29 is 8.76 Å². The van der Waals surface area contributed by atoms with Crippen molar-refractivity contribution in [2.45, 2.75) is 12.5 Å². The Morgan fingerprint density at radius 3 is 3.00 bits per heavy atom. The lowest BCUT2D eigenvalue weighted by atomic mass is 10.3. The molecule has 0 bridgehead atoms. The van der Waals surface area contributed by atoms with E-state index in [1.165, 1.54) is 0 Å². The molecular weight excluding hydrogens is 158 g/mol. The molecule has 0 saturated carbocycles. The minimum Gasteiger partial charge on any atom is -0.760 e. The second-order valence-electron chi connectivity index (χ2n) is 1.91. The number of thioether (sulfide) groups is 1. The zero-order valence-corrected chi connectivity index (χ0v) is 6.46. The van der Waals surface area contributed by atoms with E-state index in [4.69, 9.17) is 0 Å². The fourth-order valence-electron chi connectivity index (χ4n) is 0.764. The minimum absolute atomic E-state index is 0.188. The maximum absolute atomic E-state index is 10.0. The highest BCUT2D eigenvalue weighted by atomic mass is 32.2. The van der Waals surface area contributed by atoms with Crippen LogP contribution in [0.2, 0.25) is 0 Å². The van der Waals surface area contributed by atoms with E-state index in [1.807, 2.05) is 0 Å². The quantitative estimate of drug-likeness (QED) is 0.582. The number of hydrogen-bond acceptors (Lipinski definition) is 3. The predicted octanol–water partition coefficient (Wildman–Crippen LogP) is -0.124. The largest absolute Gasteiger partial charge is 0.760 e. The van der Waals surface area contributed by atoms with Gasteiger partial charge in [-0.2, -0.15) is 11.8 Å². The van der Waals surface area contributed by atoms with Gasteiger partial charge in [0.2, 0.25) is 0 Å². The van der Waals surface area contributed by atoms with E-state index in [2.05, 4.69) is 4.72 Å². The molecular formula is C4H8NO2S2-. The van der Waals surface area contributed by atoms with Crippen molar-refractivity contribution >= 4 is 23.0 Å². The topological polar surface area (TPSA) is 52.2 Å². The van der Waals surface area contributed by atoms with E-state index in [9.17, 15) is 8.76 Å². The average molecular weight is 166 g/mol. The van der Waals surface area contributed by atoms with Crippen molar-refractivity contribution in [3.8, 4) is 0 Å². The zero-order valence-electron chi connectivity index (χ0n) is 4.83. The first-order chi connectivity index (χ1) is 4.29. The van der Waals surface area contributed by atoms with Crippen molar-refractivity contribution in [1.29, 1.82) is 0 Å². The van der Waals surface area contributed by atoms with Crippen LogP contribution in [0, 0.1) is 0 Å². The average Bonchev–Trinajstić information content (AvgIpc) is 2.15. The molecule has 5 heteroatoms. The molecule has 54 valence electrons. The Bertz CT molecular complexity index is 113. The van der Waals surface area contributed by atoms with Crippen molar-refractivity contribution in [2.75, 3.05) is 11.5 Å². The zero-order chi connectivity index (χ0) is 6.69. The highest BCUT2D eigenvalue weighted by molar-refractivity contribution is 7.99. The van der Waals surface area contributed by atoms with Crippen molar-refractivity contribution in [2.24, 2.45) is 0 Å². The Labute approximate surface area is 61.0 Å². The number of rotatable bonds is 2. The second-order valence-corrected chi connectivity index (χ2v) is 3.77. The Kier molecular flexibility index (Phi) is 2.97. The van der Waals surface area contributed by atoms with Gasteiger partial charge in [-0.25, -0.2) is 4.72 Å². The first kappa shape index (κ1) is 7.53. The van der Waals surface area contributed by atoms with Crippen LogP contribution in [0.25, 0.3) is 0 Å². The number of nitrogens with one attached hydrogen (secondary N) is 1. The maximum atomic E-state index is 10.0. The van der Waals surface area contributed by atoms with E-state index in [0.29, 0.717) is 0 Å². The van der Waals surface area contributed by atoms with Gasteiger partial charge in [-0.3, -0.25) is 4.21 Å². The predicted molar refractivity (Wildman–Crippen MR) is 37.8 cm³/mol. The van der Waals surface area contributed by atoms with Crippen LogP contribution in [-0.2, 0) is 11.3 Å². The van der Waals surface area contributed by atoms with Crippen molar-refractivity contribution in [1.82, 2.24) is 4.72 Å². The Morgan fingerprint density at radius 1 is 1.78 bits per heavy atom. The molecule has 1 heterocycles. The lowest BCUT2D eigenvalue weighted by Crippen LogP contribution is -2.29. The van der Waals surface area contributed by atoms with Gasteiger partial charge in [0.1, 0.15) is 0 Å². The van der Waals surface area contributed by atoms with Crippen LogP contribution in [0.4, 0.5) is 0 Å². The maximum Gasteiger partial charge on any atom is 0.0282 e. The molecule has 1 saturated heterocycles. The molecule has 0 amide bonds. The molecule has 1 N–H and O–H groups in total. The van der Waals surface area contributed by atoms with Crippen LogP contribution in [-0.4, -0.2) is 26.3 Å². The van der Waals surface area contributed by atoms with E-state index < -0.39 is 11.3 Å². The summed E-state index contributed by atoms with van der Waals surface area (Å²) in [6.07, 6.45) is 0.971. The third-order valence-electron chi connectivity index (χ3n) is 1.19. The molecule has 0 aromatic carbocycles. The van der Waals surface area contributed by atoms with Crippen LogP contribution < -0.4 is 4.72 Å². The fourth-order valence-corrected chi connectivity index (χ4v) is 2.49. The van der Waals surface area contributed by atoms with Gasteiger partial charge >= 0.3 is 0 Å². The molecule has 0 radical (unpaired) electrons. The monoisotopic (exact) mass is 166 g/mol. The third kappa shape index (κ3) is 2.66. The van der Waals surface area contributed by atoms with Crippen LogP contribution in [0.15, 0.2) is 0 Å². The molecule has 0 spiro atoms. The Morgan fingerprint density at radius 2 is 2.56 bits per heavy atom. The molecule has 1 aliphatic rings. The summed E-state index contributed by atoms with van der Waals surface area (Å²) < 4.78 is 22.5. The summed E-state index contributed by atoms with van der Waals surface area (Å²) in [6, 6.07) is 0.188. The Hall–Kier alpha value is 0.420. The third-order valence-corrected chi connectivity index (χ3v) is 2.88. The fraction of sp³-hybridized carbons (Fsp3) is 1.00. The van der Waals surface area contributed by atoms with Gasteiger partial charge in [-0.15, -0.1) is 0 Å². The van der Waals surface area contributed by atoms with Crippen molar-refractivity contribution in [3.63, 3.8) is 0 Å². The molecule has 1 rings (SSSR count). The number of hydrogen-bond donors (Lipinski definition) is 1. The summed E-state index contributed by atoms with van der Waals surface area (Å²) in [4.78, 5) is 0. The summed E-state index contributed by atoms with van der Waals surface area (Å²) in [7, 11) is 0. The van der Waals surface area contributed by atoms with Gasteiger partial charge in [0.15, 0.2) is 0 Å². The highest BCUT2D eigenvalue weighted by Gasteiger charge is 2.13. The first-order valence-corrected chi connectivity index (χ1v) is 4.95. The first-order valence-electron chi connectivity index (χ1n) is 2.72. The summed E-state index contributed by atoms with van der Waals surface area (Å²) >= 11 is -0.280. The van der Waals surface area contributed by atoms with Gasteiger partial charge in [0.25, 0.3) is 0 Å². The normalized spacial score (nSPS) is 30.6. The van der Waals surface area contributed by atoms with E-state index in [0.717, 1.165) is 17.9 Å². The van der Waals surface area contributed by atoms with Gasteiger partial charge < -0.3 is 4.55 Å². The van der Waals surface area contributed by atoms with Crippen LogP contribution in [0.5, 0.6) is 0 Å². The molecule has 1 fully saturated rings. The second kappa shape index (κ2) is 3.55. The molecule has 0 aromatic heterocycles. The van der Waals surface area contributed by atoms with Crippen LogP contribution in [0.3, 0.4) is 0 Å². The van der Waals surface area contributed by atoms with Gasteiger partial charge in [-0.05, 0) is 12.2 Å². The molecule has 9 heavy (non-hydrogen) atoms. The molecule has 0 aliphatic carbocycles.